The van der Waals surface area contributed by atoms with Crippen molar-refractivity contribution in [2.45, 2.75) is 36.3 Å². The number of halogens is 1. The van der Waals surface area contributed by atoms with Crippen LogP contribution in [0.5, 0.6) is 0 Å². The Hall–Kier alpha value is -1.97. The Morgan fingerprint density at radius 3 is 2.61 bits per heavy atom. The molecule has 8 nitrogen and oxygen atoms in total. The maximum absolute atomic E-state index is 12.9. The molecule has 2 aliphatic rings. The smallest absolute Gasteiger partial charge is 0.245 e. The molecule has 0 spiro atoms. The largest absolute Gasteiger partial charge is 0.325 e. The summed E-state index contributed by atoms with van der Waals surface area (Å²) in [5.41, 5.74) is 1.31. The van der Waals surface area contributed by atoms with E-state index in [0.717, 1.165) is 30.5 Å². The zero-order valence-electron chi connectivity index (χ0n) is 15.6. The minimum Gasteiger partial charge on any atom is -0.325 e. The number of carbonyl (C=O) groups excluding carboxylic acids is 1. The van der Waals surface area contributed by atoms with E-state index in [9.17, 15) is 13.2 Å². The van der Waals surface area contributed by atoms with Crippen molar-refractivity contribution in [3.8, 4) is 11.4 Å². The van der Waals surface area contributed by atoms with Gasteiger partial charge >= 0.3 is 0 Å². The molecule has 0 unspecified atom stereocenters. The first-order valence-corrected chi connectivity index (χ1v) is 11.0. The fraction of sp³-hybridized carbons (Fsp3) is 0.500. The van der Waals surface area contributed by atoms with Crippen LogP contribution < -0.4 is 10.6 Å². The first-order chi connectivity index (χ1) is 12.9. The van der Waals surface area contributed by atoms with Crippen LogP contribution in [-0.4, -0.2) is 53.6 Å². The molecule has 1 aromatic heterocycles. The molecule has 0 bridgehead atoms. The molecule has 4 rings (SSSR count). The summed E-state index contributed by atoms with van der Waals surface area (Å²) in [7, 11) is -3.55. The minimum absolute atomic E-state index is 0. The molecule has 1 amide bonds. The van der Waals surface area contributed by atoms with Crippen molar-refractivity contribution < 1.29 is 13.2 Å². The molecule has 1 saturated carbocycles. The summed E-state index contributed by atoms with van der Waals surface area (Å²) < 4.78 is 23.4. The number of amides is 1. The summed E-state index contributed by atoms with van der Waals surface area (Å²) in [4.78, 5) is 17.5. The summed E-state index contributed by atoms with van der Waals surface area (Å²) in [5, 5.41) is 13.1. The van der Waals surface area contributed by atoms with Gasteiger partial charge in [0.15, 0.2) is 20.4 Å². The van der Waals surface area contributed by atoms with Gasteiger partial charge in [-0.1, -0.05) is 12.1 Å². The van der Waals surface area contributed by atoms with Gasteiger partial charge in [0.2, 0.25) is 5.91 Å². The fourth-order valence-corrected chi connectivity index (χ4v) is 4.85. The molecule has 1 saturated heterocycles. The number of H-pyrrole nitrogens is 1. The number of carbonyl (C=O) groups is 1. The lowest BCUT2D eigenvalue weighted by Gasteiger charge is -2.34. The number of anilines is 1. The number of hydrogen-bond acceptors (Lipinski definition) is 6. The van der Waals surface area contributed by atoms with Gasteiger partial charge in [-0.3, -0.25) is 9.89 Å². The lowest BCUT2D eigenvalue weighted by molar-refractivity contribution is -0.119. The zero-order chi connectivity index (χ0) is 19.1. The van der Waals surface area contributed by atoms with Crippen LogP contribution in [-0.2, 0) is 14.6 Å². The zero-order valence-corrected chi connectivity index (χ0v) is 17.2. The minimum atomic E-state index is -3.55. The van der Waals surface area contributed by atoms with E-state index in [4.69, 9.17) is 0 Å². The second kappa shape index (κ2) is 7.81. The number of nitrogens with one attached hydrogen (secondary N) is 3. The van der Waals surface area contributed by atoms with Gasteiger partial charge in [-0.25, -0.2) is 13.4 Å². The number of piperidine rings is 1. The van der Waals surface area contributed by atoms with Crippen LogP contribution in [0, 0.1) is 0 Å². The third-order valence-corrected chi connectivity index (χ3v) is 7.39. The molecular formula is C18H24ClN5O3S. The van der Waals surface area contributed by atoms with E-state index in [2.05, 4.69) is 25.8 Å². The normalized spacial score (nSPS) is 18.9. The van der Waals surface area contributed by atoms with Crippen molar-refractivity contribution in [2.24, 2.45) is 0 Å². The topological polar surface area (TPSA) is 117 Å². The molecule has 2 heterocycles. The highest BCUT2D eigenvalue weighted by Crippen LogP contribution is 2.38. The standard InChI is InChI=1S/C18H23N5O3S.ClH/c1-27(25,26)18(7-9-19-10-8-18)17(24)20-14-4-2-3-13(11-14)16-21-15(22-23-16)12-5-6-12;/h2-4,11-12,19H,5-10H2,1H3,(H,20,24)(H,21,22,23);1H. The number of aromatic nitrogens is 3. The third-order valence-electron chi connectivity index (χ3n) is 5.38. The van der Waals surface area contributed by atoms with Crippen molar-refractivity contribution in [3.63, 3.8) is 0 Å². The SMILES string of the molecule is CS(=O)(=O)C1(C(=O)Nc2cccc(-c3n[nH]c(C4CC4)n3)c2)CCNCC1.Cl. The monoisotopic (exact) mass is 425 g/mol. The van der Waals surface area contributed by atoms with E-state index in [1.807, 2.05) is 6.07 Å². The van der Waals surface area contributed by atoms with Gasteiger partial charge in [-0.2, -0.15) is 5.10 Å². The van der Waals surface area contributed by atoms with Gasteiger partial charge in [0.1, 0.15) is 5.82 Å². The Kier molecular flexibility index (Phi) is 5.79. The van der Waals surface area contributed by atoms with Crippen LogP contribution in [0.1, 0.15) is 37.4 Å². The molecule has 1 aliphatic heterocycles. The fourth-order valence-electron chi connectivity index (χ4n) is 3.52. The van der Waals surface area contributed by atoms with E-state index < -0.39 is 20.5 Å². The van der Waals surface area contributed by atoms with E-state index in [1.54, 1.807) is 18.2 Å². The first kappa shape index (κ1) is 20.8. The molecule has 1 aliphatic carbocycles. The molecule has 28 heavy (non-hydrogen) atoms. The van der Waals surface area contributed by atoms with Crippen molar-refractivity contribution >= 4 is 33.8 Å². The summed E-state index contributed by atoms with van der Waals surface area (Å²) in [6.45, 7) is 1.00. The Balaban J connectivity index is 0.00000225. The summed E-state index contributed by atoms with van der Waals surface area (Å²) >= 11 is 0. The van der Waals surface area contributed by atoms with Gasteiger partial charge in [-0.15, -0.1) is 12.4 Å². The number of nitrogens with zero attached hydrogens (tertiary/aromatic N) is 2. The quantitative estimate of drug-likeness (QED) is 0.673. The van der Waals surface area contributed by atoms with Gasteiger partial charge in [0.25, 0.3) is 0 Å². The summed E-state index contributed by atoms with van der Waals surface area (Å²) in [6, 6.07) is 7.18. The average Bonchev–Trinajstić information content (AvgIpc) is 3.38. The first-order valence-electron chi connectivity index (χ1n) is 9.14. The average molecular weight is 426 g/mol. The molecule has 152 valence electrons. The van der Waals surface area contributed by atoms with Crippen LogP contribution in [0.3, 0.4) is 0 Å². The van der Waals surface area contributed by atoms with Crippen LogP contribution in [0.4, 0.5) is 5.69 Å². The molecule has 3 N–H and O–H groups in total. The van der Waals surface area contributed by atoms with E-state index in [1.165, 1.54) is 0 Å². The van der Waals surface area contributed by atoms with Crippen molar-refractivity contribution in [2.75, 3.05) is 24.7 Å². The van der Waals surface area contributed by atoms with Crippen LogP contribution in [0.25, 0.3) is 11.4 Å². The number of hydrogen-bond donors (Lipinski definition) is 3. The van der Waals surface area contributed by atoms with Crippen molar-refractivity contribution in [1.82, 2.24) is 20.5 Å². The van der Waals surface area contributed by atoms with Gasteiger partial charge in [0.05, 0.1) is 0 Å². The predicted octanol–water partition coefficient (Wildman–Crippen LogP) is 1.88. The molecule has 2 fully saturated rings. The van der Waals surface area contributed by atoms with E-state index in [-0.39, 0.29) is 25.2 Å². The van der Waals surface area contributed by atoms with Crippen LogP contribution in [0.2, 0.25) is 0 Å². The number of sulfone groups is 1. The second-order valence-electron chi connectivity index (χ2n) is 7.37. The van der Waals surface area contributed by atoms with Gasteiger partial charge in [0, 0.05) is 23.4 Å². The molecule has 1 aromatic carbocycles. The van der Waals surface area contributed by atoms with Crippen LogP contribution in [0.15, 0.2) is 24.3 Å². The van der Waals surface area contributed by atoms with Gasteiger partial charge < -0.3 is 10.6 Å². The molecular weight excluding hydrogens is 402 g/mol. The van der Waals surface area contributed by atoms with Crippen LogP contribution >= 0.6 is 12.4 Å². The Bertz CT molecular complexity index is 965. The Morgan fingerprint density at radius 1 is 1.25 bits per heavy atom. The molecule has 10 heteroatoms. The van der Waals surface area contributed by atoms with E-state index in [0.29, 0.717) is 30.5 Å². The number of aromatic amines is 1. The van der Waals surface area contributed by atoms with E-state index >= 15 is 0 Å². The van der Waals surface area contributed by atoms with Gasteiger partial charge in [-0.05, 0) is 50.9 Å². The number of rotatable bonds is 5. The lowest BCUT2D eigenvalue weighted by Crippen LogP contribution is -2.55. The Morgan fingerprint density at radius 2 is 1.96 bits per heavy atom. The summed E-state index contributed by atoms with van der Waals surface area (Å²) in [5.74, 6) is 1.47. The highest BCUT2D eigenvalue weighted by atomic mass is 35.5. The maximum Gasteiger partial charge on any atom is 0.245 e. The second-order valence-corrected chi connectivity index (χ2v) is 9.70. The van der Waals surface area contributed by atoms with Crippen molar-refractivity contribution in [1.29, 1.82) is 0 Å². The van der Waals surface area contributed by atoms with Crippen molar-refractivity contribution in [3.05, 3.63) is 30.1 Å². The Labute approximate surface area is 170 Å². The number of benzene rings is 1. The third kappa shape index (κ3) is 3.92. The lowest BCUT2D eigenvalue weighted by atomic mass is 9.95. The highest BCUT2D eigenvalue weighted by molar-refractivity contribution is 7.92. The predicted molar refractivity (Wildman–Crippen MR) is 109 cm³/mol. The highest BCUT2D eigenvalue weighted by Gasteiger charge is 2.48. The molecule has 0 atom stereocenters. The molecule has 2 aromatic rings. The molecule has 0 radical (unpaired) electrons. The maximum atomic E-state index is 12.9. The summed E-state index contributed by atoms with van der Waals surface area (Å²) in [6.07, 6.45) is 3.94.